The molecule has 1 nitrogen and oxygen atoms in total. The summed E-state index contributed by atoms with van der Waals surface area (Å²) >= 11 is 5.51. The van der Waals surface area contributed by atoms with Gasteiger partial charge in [0.05, 0.1) is 0 Å². The van der Waals surface area contributed by atoms with E-state index < -0.39 is 0 Å². The van der Waals surface area contributed by atoms with E-state index in [1.807, 2.05) is 0 Å². The smallest absolute Gasteiger partial charge is 0.156 e. The largest absolute Gasteiger partial charge is 0.295 e. The number of rotatable bonds is 2. The second-order valence-corrected chi connectivity index (χ2v) is 3.46. The van der Waals surface area contributed by atoms with Gasteiger partial charge in [-0.25, -0.2) is 0 Å². The molecule has 1 aliphatic carbocycles. The van der Waals surface area contributed by atoms with Crippen molar-refractivity contribution in [2.24, 2.45) is 0 Å². The summed E-state index contributed by atoms with van der Waals surface area (Å²) in [6.45, 7) is 0. The highest BCUT2D eigenvalue weighted by Crippen LogP contribution is 2.13. The zero-order chi connectivity index (χ0) is 9.52. The molecule has 0 amide bonds. The summed E-state index contributed by atoms with van der Waals surface area (Å²) in [5.74, 6) is 6.92. The van der Waals surface area contributed by atoms with E-state index in [1.54, 1.807) is 6.08 Å². The fraction of sp³-hybridized carbons (Fsp3) is 0.545. The fourth-order valence-corrected chi connectivity index (χ4v) is 1.36. The van der Waals surface area contributed by atoms with Crippen molar-refractivity contribution in [2.75, 3.05) is 5.88 Å². The van der Waals surface area contributed by atoms with Crippen LogP contribution in [0.25, 0.3) is 0 Å². The first-order valence-electron chi connectivity index (χ1n) is 4.61. The van der Waals surface area contributed by atoms with Gasteiger partial charge in [-0.3, -0.25) is 4.79 Å². The quantitative estimate of drug-likeness (QED) is 0.377. The molecule has 70 valence electrons. The van der Waals surface area contributed by atoms with Crippen LogP contribution in [0.3, 0.4) is 0 Å². The molecule has 0 aromatic heterocycles. The summed E-state index contributed by atoms with van der Waals surface area (Å²) in [4.78, 5) is 11.0. The van der Waals surface area contributed by atoms with Crippen LogP contribution in [0.1, 0.15) is 32.1 Å². The van der Waals surface area contributed by atoms with Gasteiger partial charge in [-0.1, -0.05) is 11.8 Å². The van der Waals surface area contributed by atoms with Gasteiger partial charge in [0.2, 0.25) is 0 Å². The number of allylic oxidation sites excluding steroid dienone is 2. The van der Waals surface area contributed by atoms with Crippen LogP contribution in [-0.2, 0) is 4.79 Å². The van der Waals surface area contributed by atoms with Gasteiger partial charge in [0.1, 0.15) is 0 Å². The molecule has 0 aromatic rings. The van der Waals surface area contributed by atoms with Crippen LogP contribution in [0.4, 0.5) is 0 Å². The molecule has 0 aromatic carbocycles. The SMILES string of the molecule is O=C1C=C(C#CCCCCl)CCC1. The van der Waals surface area contributed by atoms with Crippen molar-refractivity contribution in [1.29, 1.82) is 0 Å². The van der Waals surface area contributed by atoms with Crippen LogP contribution in [-0.4, -0.2) is 11.7 Å². The second kappa shape index (κ2) is 5.83. The highest BCUT2D eigenvalue weighted by molar-refractivity contribution is 6.17. The molecule has 0 saturated carbocycles. The first-order chi connectivity index (χ1) is 6.33. The van der Waals surface area contributed by atoms with Crippen LogP contribution < -0.4 is 0 Å². The molecule has 0 aliphatic heterocycles. The van der Waals surface area contributed by atoms with Gasteiger partial charge < -0.3 is 0 Å². The third-order valence-electron chi connectivity index (χ3n) is 1.89. The number of unbranched alkanes of at least 4 members (excludes halogenated alkanes) is 1. The Kier molecular flexibility index (Phi) is 4.64. The van der Waals surface area contributed by atoms with Crippen LogP contribution in [0.5, 0.6) is 0 Å². The van der Waals surface area contributed by atoms with Gasteiger partial charge in [-0.05, 0) is 25.3 Å². The molecule has 1 aliphatic rings. The topological polar surface area (TPSA) is 17.1 Å². The van der Waals surface area contributed by atoms with E-state index >= 15 is 0 Å². The molecule has 2 heteroatoms. The third-order valence-corrected chi connectivity index (χ3v) is 2.16. The summed E-state index contributed by atoms with van der Waals surface area (Å²) in [7, 11) is 0. The molecule has 0 unspecified atom stereocenters. The Labute approximate surface area is 84.2 Å². The standard InChI is InChI=1S/C11H13ClO/c12-8-3-1-2-5-10-6-4-7-11(13)9-10/h9H,1,3-4,6-8H2. The summed E-state index contributed by atoms with van der Waals surface area (Å²) in [6.07, 6.45) is 6.03. The maximum atomic E-state index is 11.0. The molecular weight excluding hydrogens is 184 g/mol. The van der Waals surface area contributed by atoms with Crippen molar-refractivity contribution in [3.8, 4) is 11.8 Å². The number of hydrogen-bond acceptors (Lipinski definition) is 1. The molecule has 13 heavy (non-hydrogen) atoms. The highest BCUT2D eigenvalue weighted by atomic mass is 35.5. The molecule has 0 saturated heterocycles. The Morgan fingerprint density at radius 3 is 3.00 bits per heavy atom. The predicted molar refractivity (Wildman–Crippen MR) is 54.7 cm³/mol. The summed E-state index contributed by atoms with van der Waals surface area (Å²) in [5, 5.41) is 0. The first-order valence-corrected chi connectivity index (χ1v) is 5.14. The lowest BCUT2D eigenvalue weighted by atomic mass is 9.99. The first kappa shape index (κ1) is 10.3. The number of carbonyl (C=O) groups is 1. The monoisotopic (exact) mass is 196 g/mol. The number of hydrogen-bond donors (Lipinski definition) is 0. The van der Waals surface area contributed by atoms with E-state index in [2.05, 4.69) is 11.8 Å². The Bertz CT molecular complexity index is 268. The Balaban J connectivity index is 2.41. The van der Waals surface area contributed by atoms with Gasteiger partial charge in [-0.15, -0.1) is 11.6 Å². The van der Waals surface area contributed by atoms with Gasteiger partial charge in [0, 0.05) is 24.3 Å². The minimum Gasteiger partial charge on any atom is -0.295 e. The van der Waals surface area contributed by atoms with Crippen molar-refractivity contribution >= 4 is 17.4 Å². The minimum atomic E-state index is 0.216. The maximum absolute atomic E-state index is 11.0. The van der Waals surface area contributed by atoms with E-state index in [-0.39, 0.29) is 5.78 Å². The van der Waals surface area contributed by atoms with Gasteiger partial charge in [0.25, 0.3) is 0 Å². The van der Waals surface area contributed by atoms with Crippen LogP contribution >= 0.6 is 11.6 Å². The number of carbonyl (C=O) groups excluding carboxylic acids is 1. The van der Waals surface area contributed by atoms with Crippen molar-refractivity contribution in [3.63, 3.8) is 0 Å². The van der Waals surface area contributed by atoms with Crippen molar-refractivity contribution < 1.29 is 4.79 Å². The third kappa shape index (κ3) is 4.15. The lowest BCUT2D eigenvalue weighted by Crippen LogP contribution is -2.01. The van der Waals surface area contributed by atoms with Gasteiger partial charge in [0.15, 0.2) is 5.78 Å². The summed E-state index contributed by atoms with van der Waals surface area (Å²) < 4.78 is 0. The van der Waals surface area contributed by atoms with Crippen molar-refractivity contribution in [2.45, 2.75) is 32.1 Å². The lowest BCUT2D eigenvalue weighted by Gasteiger charge is -2.04. The average molecular weight is 197 g/mol. The molecule has 0 N–H and O–H groups in total. The molecule has 0 atom stereocenters. The Morgan fingerprint density at radius 2 is 2.31 bits per heavy atom. The second-order valence-electron chi connectivity index (χ2n) is 3.08. The summed E-state index contributed by atoms with van der Waals surface area (Å²) in [6, 6.07) is 0. The molecule has 0 radical (unpaired) electrons. The average Bonchev–Trinajstić information content (AvgIpc) is 2.13. The fourth-order valence-electron chi connectivity index (χ4n) is 1.22. The van der Waals surface area contributed by atoms with Gasteiger partial charge in [-0.2, -0.15) is 0 Å². The molecule has 0 bridgehead atoms. The molecule has 1 rings (SSSR count). The van der Waals surface area contributed by atoms with Crippen LogP contribution in [0, 0.1) is 11.8 Å². The van der Waals surface area contributed by atoms with Crippen molar-refractivity contribution in [3.05, 3.63) is 11.6 Å². The predicted octanol–water partition coefficient (Wildman–Crippen LogP) is 2.69. The van der Waals surface area contributed by atoms with E-state index in [4.69, 9.17) is 11.6 Å². The van der Waals surface area contributed by atoms with E-state index in [1.165, 1.54) is 0 Å². The number of halogens is 1. The zero-order valence-corrected chi connectivity index (χ0v) is 8.36. The molecule has 0 spiro atoms. The molecular formula is C11H13ClO. The van der Waals surface area contributed by atoms with Crippen molar-refractivity contribution in [1.82, 2.24) is 0 Å². The van der Waals surface area contributed by atoms with Crippen LogP contribution in [0.15, 0.2) is 11.6 Å². The highest BCUT2D eigenvalue weighted by Gasteiger charge is 2.06. The van der Waals surface area contributed by atoms with Crippen LogP contribution in [0.2, 0.25) is 0 Å². The Morgan fingerprint density at radius 1 is 1.46 bits per heavy atom. The zero-order valence-electron chi connectivity index (χ0n) is 7.61. The lowest BCUT2D eigenvalue weighted by molar-refractivity contribution is -0.115. The maximum Gasteiger partial charge on any atom is 0.156 e. The number of ketones is 1. The number of alkyl halides is 1. The van der Waals surface area contributed by atoms with Gasteiger partial charge >= 0.3 is 0 Å². The molecule has 0 heterocycles. The molecule has 0 fully saturated rings. The normalized spacial score (nSPS) is 16.1. The van der Waals surface area contributed by atoms with E-state index in [9.17, 15) is 4.79 Å². The van der Waals surface area contributed by atoms with E-state index in [0.717, 1.165) is 31.3 Å². The minimum absolute atomic E-state index is 0.216. The van der Waals surface area contributed by atoms with E-state index in [0.29, 0.717) is 12.3 Å². The Hall–Kier alpha value is -0.740. The summed E-state index contributed by atoms with van der Waals surface area (Å²) in [5.41, 5.74) is 0.992.